The highest BCUT2D eigenvalue weighted by molar-refractivity contribution is 6.30. The highest BCUT2D eigenvalue weighted by atomic mass is 35.5. The number of halogens is 1. The number of amides is 1. The Balaban J connectivity index is 1.92. The first kappa shape index (κ1) is 14.3. The number of fused-ring (bicyclic) bond motifs is 3. The van der Waals surface area contributed by atoms with Gasteiger partial charge in [-0.3, -0.25) is 4.79 Å². The highest BCUT2D eigenvalue weighted by Gasteiger charge is 2.35. The van der Waals surface area contributed by atoms with Crippen molar-refractivity contribution in [3.8, 4) is 5.75 Å². The lowest BCUT2D eigenvalue weighted by Crippen LogP contribution is -2.32. The van der Waals surface area contributed by atoms with Crippen molar-refractivity contribution < 1.29 is 9.53 Å². The molecule has 4 rings (SSSR count). The number of benzene rings is 2. The summed E-state index contributed by atoms with van der Waals surface area (Å²) in [5.74, 6) is 0.929. The second kappa shape index (κ2) is 5.43. The third-order valence-electron chi connectivity index (χ3n) is 4.57. The fourth-order valence-corrected chi connectivity index (χ4v) is 3.63. The van der Waals surface area contributed by atoms with E-state index >= 15 is 0 Å². The predicted molar refractivity (Wildman–Crippen MR) is 90.6 cm³/mol. The monoisotopic (exact) mass is 325 g/mol. The average Bonchev–Trinajstić information content (AvgIpc) is 2.88. The van der Waals surface area contributed by atoms with Crippen molar-refractivity contribution in [3.63, 3.8) is 0 Å². The fraction of sp³-hybridized carbons (Fsp3) is 0.211. The molecule has 4 heteroatoms. The third kappa shape index (κ3) is 2.32. The van der Waals surface area contributed by atoms with E-state index in [0.717, 1.165) is 33.9 Å². The van der Waals surface area contributed by atoms with Crippen LogP contribution >= 0.6 is 11.6 Å². The molecule has 2 aliphatic rings. The van der Waals surface area contributed by atoms with Gasteiger partial charge < -0.3 is 10.1 Å². The molecule has 3 nitrogen and oxygen atoms in total. The summed E-state index contributed by atoms with van der Waals surface area (Å²) in [6, 6.07) is 13.9. The lowest BCUT2D eigenvalue weighted by atomic mass is 9.93. The minimum atomic E-state index is -0.0252. The second-order valence-corrected chi connectivity index (χ2v) is 6.30. The SMILES string of the molecule is COc1ccc2c(c1)C(c1ccc(Cl)cc1)=C1CCC(=O)NC12. The van der Waals surface area contributed by atoms with Crippen LogP contribution in [0.5, 0.6) is 5.75 Å². The molecular formula is C19H16ClNO2. The molecular weight excluding hydrogens is 310 g/mol. The van der Waals surface area contributed by atoms with Crippen molar-refractivity contribution in [1.29, 1.82) is 0 Å². The van der Waals surface area contributed by atoms with Crippen molar-refractivity contribution in [3.05, 3.63) is 69.8 Å². The van der Waals surface area contributed by atoms with Gasteiger partial charge in [0.15, 0.2) is 0 Å². The van der Waals surface area contributed by atoms with Gasteiger partial charge in [0.2, 0.25) is 5.91 Å². The van der Waals surface area contributed by atoms with Crippen molar-refractivity contribution in [2.45, 2.75) is 18.9 Å². The lowest BCUT2D eigenvalue weighted by molar-refractivity contribution is -0.122. The largest absolute Gasteiger partial charge is 0.497 e. The molecule has 0 saturated carbocycles. The van der Waals surface area contributed by atoms with E-state index in [0.29, 0.717) is 6.42 Å². The van der Waals surface area contributed by atoms with Crippen molar-refractivity contribution in [2.24, 2.45) is 0 Å². The number of piperidine rings is 1. The number of carbonyl (C=O) groups is 1. The van der Waals surface area contributed by atoms with Gasteiger partial charge in [-0.05, 0) is 58.5 Å². The van der Waals surface area contributed by atoms with Crippen molar-refractivity contribution in [1.82, 2.24) is 5.32 Å². The van der Waals surface area contributed by atoms with Gasteiger partial charge in [-0.15, -0.1) is 0 Å². The van der Waals surface area contributed by atoms with E-state index in [1.54, 1.807) is 7.11 Å². The molecule has 2 aromatic rings. The maximum absolute atomic E-state index is 11.9. The summed E-state index contributed by atoms with van der Waals surface area (Å²) in [5, 5.41) is 3.84. The summed E-state index contributed by atoms with van der Waals surface area (Å²) in [5.41, 5.74) is 5.86. The molecule has 1 heterocycles. The molecule has 1 unspecified atom stereocenters. The van der Waals surface area contributed by atoms with Crippen LogP contribution in [-0.2, 0) is 4.79 Å². The molecule has 0 radical (unpaired) electrons. The van der Waals surface area contributed by atoms with Gasteiger partial charge in [0.05, 0.1) is 13.2 Å². The standard InChI is InChI=1S/C19H16ClNO2/c1-23-13-6-7-14-16(10-13)18(11-2-4-12(20)5-3-11)15-8-9-17(22)21-19(14)15/h2-7,10,19H,8-9H2,1H3,(H,21,22). The maximum Gasteiger partial charge on any atom is 0.221 e. The Morgan fingerprint density at radius 2 is 1.91 bits per heavy atom. The van der Waals surface area contributed by atoms with Crippen LogP contribution in [0.15, 0.2) is 48.0 Å². The number of methoxy groups -OCH3 is 1. The summed E-state index contributed by atoms with van der Waals surface area (Å²) in [4.78, 5) is 11.9. The number of carbonyl (C=O) groups excluding carboxylic acids is 1. The first-order valence-electron chi connectivity index (χ1n) is 7.64. The fourth-order valence-electron chi connectivity index (χ4n) is 3.51. The summed E-state index contributed by atoms with van der Waals surface area (Å²) < 4.78 is 5.39. The van der Waals surface area contributed by atoms with Crippen LogP contribution in [0.1, 0.15) is 35.6 Å². The first-order chi connectivity index (χ1) is 11.2. The Labute approximate surface area is 139 Å². The van der Waals surface area contributed by atoms with E-state index < -0.39 is 0 Å². The predicted octanol–water partition coefficient (Wildman–Crippen LogP) is 4.12. The van der Waals surface area contributed by atoms with Gasteiger partial charge in [0.1, 0.15) is 5.75 Å². The van der Waals surface area contributed by atoms with Gasteiger partial charge in [-0.2, -0.15) is 0 Å². The highest BCUT2D eigenvalue weighted by Crippen LogP contribution is 2.48. The van der Waals surface area contributed by atoms with Crippen LogP contribution in [-0.4, -0.2) is 13.0 Å². The molecule has 0 bridgehead atoms. The smallest absolute Gasteiger partial charge is 0.221 e. The van der Waals surface area contributed by atoms with Crippen LogP contribution in [0.4, 0.5) is 0 Å². The van der Waals surface area contributed by atoms with Crippen LogP contribution in [0.3, 0.4) is 0 Å². The third-order valence-corrected chi connectivity index (χ3v) is 4.82. The van der Waals surface area contributed by atoms with Gasteiger partial charge in [0, 0.05) is 11.4 Å². The number of nitrogens with one attached hydrogen (secondary N) is 1. The van der Waals surface area contributed by atoms with Gasteiger partial charge >= 0.3 is 0 Å². The lowest BCUT2D eigenvalue weighted by Gasteiger charge is -2.24. The Bertz CT molecular complexity index is 824. The van der Waals surface area contributed by atoms with Crippen molar-refractivity contribution in [2.75, 3.05) is 7.11 Å². The summed E-state index contributed by atoms with van der Waals surface area (Å²) >= 11 is 6.03. The zero-order chi connectivity index (χ0) is 16.0. The molecule has 1 amide bonds. The summed E-state index contributed by atoms with van der Waals surface area (Å²) in [6.07, 6.45) is 1.32. The summed E-state index contributed by atoms with van der Waals surface area (Å²) in [7, 11) is 1.67. The van der Waals surface area contributed by atoms with E-state index in [1.165, 1.54) is 11.1 Å². The van der Waals surface area contributed by atoms with Crippen molar-refractivity contribution >= 4 is 23.1 Å². The van der Waals surface area contributed by atoms with Crippen LogP contribution < -0.4 is 10.1 Å². The number of rotatable bonds is 2. The number of hydrogen-bond acceptors (Lipinski definition) is 2. The second-order valence-electron chi connectivity index (χ2n) is 5.86. The molecule has 1 fully saturated rings. The van der Waals surface area contributed by atoms with Gasteiger partial charge in [-0.25, -0.2) is 0 Å². The van der Waals surface area contributed by atoms with Crippen LogP contribution in [0, 0.1) is 0 Å². The molecule has 1 aliphatic carbocycles. The molecule has 23 heavy (non-hydrogen) atoms. The van der Waals surface area contributed by atoms with Crippen LogP contribution in [0.2, 0.25) is 5.02 Å². The van der Waals surface area contributed by atoms with E-state index in [9.17, 15) is 4.79 Å². The van der Waals surface area contributed by atoms with E-state index in [2.05, 4.69) is 11.4 Å². The normalized spacial score (nSPS) is 19.2. The van der Waals surface area contributed by atoms with E-state index in [4.69, 9.17) is 16.3 Å². The summed E-state index contributed by atoms with van der Waals surface area (Å²) in [6.45, 7) is 0. The minimum absolute atomic E-state index is 0.0252. The Morgan fingerprint density at radius 1 is 1.13 bits per heavy atom. The molecule has 2 aromatic carbocycles. The minimum Gasteiger partial charge on any atom is -0.497 e. The maximum atomic E-state index is 11.9. The molecule has 0 aromatic heterocycles. The Kier molecular flexibility index (Phi) is 3.38. The molecule has 1 atom stereocenters. The Hall–Kier alpha value is -2.26. The first-order valence-corrected chi connectivity index (χ1v) is 8.02. The van der Waals surface area contributed by atoms with Gasteiger partial charge in [-0.1, -0.05) is 29.8 Å². The Morgan fingerprint density at radius 3 is 2.65 bits per heavy atom. The molecule has 1 aliphatic heterocycles. The topological polar surface area (TPSA) is 38.3 Å². The molecule has 1 saturated heterocycles. The number of hydrogen-bond donors (Lipinski definition) is 1. The van der Waals surface area contributed by atoms with E-state index in [-0.39, 0.29) is 11.9 Å². The zero-order valence-electron chi connectivity index (χ0n) is 12.7. The molecule has 1 N–H and O–H groups in total. The van der Waals surface area contributed by atoms with Crippen LogP contribution in [0.25, 0.3) is 5.57 Å². The van der Waals surface area contributed by atoms with Gasteiger partial charge in [0.25, 0.3) is 0 Å². The molecule has 116 valence electrons. The quantitative estimate of drug-likeness (QED) is 0.902. The zero-order valence-corrected chi connectivity index (χ0v) is 13.5. The number of ether oxygens (including phenoxy) is 1. The molecule has 0 spiro atoms. The average molecular weight is 326 g/mol. The van der Waals surface area contributed by atoms with E-state index in [1.807, 2.05) is 36.4 Å².